The van der Waals surface area contributed by atoms with Crippen LogP contribution in [-0.4, -0.2) is 59.1 Å². The number of carbonyl (C=O) groups is 2. The summed E-state index contributed by atoms with van der Waals surface area (Å²) in [6, 6.07) is -0.676. The lowest BCUT2D eigenvalue weighted by atomic mass is 10.0. The van der Waals surface area contributed by atoms with Crippen molar-refractivity contribution in [2.45, 2.75) is 13.0 Å². The Morgan fingerprint density at radius 1 is 1.47 bits per heavy atom. The van der Waals surface area contributed by atoms with Crippen LogP contribution in [0.1, 0.15) is 6.92 Å². The van der Waals surface area contributed by atoms with E-state index in [4.69, 9.17) is 5.11 Å². The van der Waals surface area contributed by atoms with E-state index < -0.39 is 12.0 Å². The molecule has 0 aliphatic carbocycles. The van der Waals surface area contributed by atoms with E-state index in [1.807, 2.05) is 0 Å². The number of nitrogens with zero attached hydrogens (tertiary/aromatic N) is 1. The van der Waals surface area contributed by atoms with Gasteiger partial charge in [-0.15, -0.1) is 0 Å². The highest BCUT2D eigenvalue weighted by Gasteiger charge is 2.33. The van der Waals surface area contributed by atoms with Gasteiger partial charge < -0.3 is 15.3 Å². The van der Waals surface area contributed by atoms with Gasteiger partial charge in [-0.25, -0.2) is 4.79 Å². The number of hydrogen-bond acceptors (Lipinski definition) is 4. The van der Waals surface area contributed by atoms with Gasteiger partial charge in [0.2, 0.25) is 5.91 Å². The van der Waals surface area contributed by atoms with Crippen LogP contribution in [0, 0.1) is 0 Å². The number of carbonyl (C=O) groups excluding carboxylic acids is 1. The molecule has 2 N–H and O–H groups in total. The van der Waals surface area contributed by atoms with E-state index in [1.54, 1.807) is 18.7 Å². The summed E-state index contributed by atoms with van der Waals surface area (Å²) in [5, 5.41) is 12.2. The summed E-state index contributed by atoms with van der Waals surface area (Å²) in [4.78, 5) is 24.8. The lowest BCUT2D eigenvalue weighted by molar-refractivity contribution is -0.147. The largest absolute Gasteiger partial charge is 0.480 e. The van der Waals surface area contributed by atoms with Crippen molar-refractivity contribution in [3.8, 4) is 0 Å². The first-order valence-corrected chi connectivity index (χ1v) is 6.77. The molecule has 17 heavy (non-hydrogen) atoms. The fourth-order valence-corrected chi connectivity index (χ4v) is 2.97. The van der Waals surface area contributed by atoms with Gasteiger partial charge in [0.1, 0.15) is 6.04 Å². The molecule has 6 heteroatoms. The van der Waals surface area contributed by atoms with Gasteiger partial charge in [-0.05, 0) is 12.5 Å². The molecule has 2 rings (SSSR count). The number of thioether (sulfide) groups is 1. The highest BCUT2D eigenvalue weighted by Crippen LogP contribution is 2.20. The van der Waals surface area contributed by atoms with Gasteiger partial charge in [0, 0.05) is 36.7 Å². The van der Waals surface area contributed by atoms with Crippen molar-refractivity contribution in [1.29, 1.82) is 0 Å². The molecule has 0 radical (unpaired) electrons. The zero-order chi connectivity index (χ0) is 12.4. The number of rotatable bonds is 2. The third kappa shape index (κ3) is 2.47. The third-order valence-corrected chi connectivity index (χ3v) is 4.22. The minimum Gasteiger partial charge on any atom is -0.480 e. The molecule has 94 valence electrons. The number of carboxylic acids is 1. The molecule has 5 nitrogen and oxygen atoms in total. The second kappa shape index (κ2) is 5.10. The van der Waals surface area contributed by atoms with E-state index in [1.165, 1.54) is 4.90 Å². The maximum atomic E-state index is 12.2. The zero-order valence-corrected chi connectivity index (χ0v) is 10.5. The molecule has 1 amide bonds. The molecule has 0 bridgehead atoms. The number of amides is 1. The van der Waals surface area contributed by atoms with Gasteiger partial charge in [0.15, 0.2) is 0 Å². The molecule has 0 aromatic carbocycles. The summed E-state index contributed by atoms with van der Waals surface area (Å²) < 4.78 is 0. The van der Waals surface area contributed by atoms with Crippen LogP contribution in [0.15, 0.2) is 11.1 Å². The van der Waals surface area contributed by atoms with E-state index in [-0.39, 0.29) is 5.91 Å². The predicted molar refractivity (Wildman–Crippen MR) is 66.0 cm³/mol. The lowest BCUT2D eigenvalue weighted by Crippen LogP contribution is -2.51. The Kier molecular flexibility index (Phi) is 3.73. The van der Waals surface area contributed by atoms with Crippen LogP contribution in [0.5, 0.6) is 0 Å². The van der Waals surface area contributed by atoms with Crippen molar-refractivity contribution < 1.29 is 14.7 Å². The molecular weight excluding hydrogens is 240 g/mol. The summed E-state index contributed by atoms with van der Waals surface area (Å²) in [6.07, 6.45) is 0. The van der Waals surface area contributed by atoms with Crippen molar-refractivity contribution in [3.05, 3.63) is 11.1 Å². The summed E-state index contributed by atoms with van der Waals surface area (Å²) in [6.45, 7) is 3.81. The first kappa shape index (κ1) is 12.4. The summed E-state index contributed by atoms with van der Waals surface area (Å²) in [5.41, 5.74) is 1.80. The number of carboxylic acid groups (broad SMARTS) is 1. The molecule has 2 fully saturated rings. The molecule has 0 aromatic heterocycles. The quantitative estimate of drug-likeness (QED) is 0.677. The van der Waals surface area contributed by atoms with Crippen LogP contribution in [0.4, 0.5) is 0 Å². The summed E-state index contributed by atoms with van der Waals surface area (Å²) in [7, 11) is 0. The lowest BCUT2D eigenvalue weighted by Gasteiger charge is -2.34. The Labute approximate surface area is 104 Å². The van der Waals surface area contributed by atoms with E-state index in [0.29, 0.717) is 17.9 Å². The van der Waals surface area contributed by atoms with Gasteiger partial charge in [-0.2, -0.15) is 11.8 Å². The van der Waals surface area contributed by atoms with Gasteiger partial charge in [0.25, 0.3) is 0 Å². The summed E-state index contributed by atoms with van der Waals surface area (Å²) >= 11 is 1.59. The molecule has 1 unspecified atom stereocenters. The number of aliphatic carboxylic acids is 1. The van der Waals surface area contributed by atoms with Crippen molar-refractivity contribution >= 4 is 23.6 Å². The Morgan fingerprint density at radius 2 is 2.18 bits per heavy atom. The third-order valence-electron chi connectivity index (χ3n) is 3.20. The van der Waals surface area contributed by atoms with E-state index in [2.05, 4.69) is 5.32 Å². The fourth-order valence-electron chi connectivity index (χ4n) is 1.93. The minimum atomic E-state index is -0.907. The Morgan fingerprint density at radius 3 is 2.71 bits per heavy atom. The number of nitrogens with one attached hydrogen (secondary N) is 1. The Hall–Kier alpha value is -1.01. The average molecular weight is 256 g/mol. The molecular formula is C11H16N2O3S. The smallest absolute Gasteiger partial charge is 0.327 e. The predicted octanol–water partition coefficient (Wildman–Crippen LogP) is -0.0653. The van der Waals surface area contributed by atoms with Crippen molar-refractivity contribution in [3.63, 3.8) is 0 Å². The van der Waals surface area contributed by atoms with E-state index in [0.717, 1.165) is 24.4 Å². The fraction of sp³-hybridized carbons (Fsp3) is 0.636. The minimum absolute atomic E-state index is 0.116. The van der Waals surface area contributed by atoms with Crippen LogP contribution >= 0.6 is 11.8 Å². The van der Waals surface area contributed by atoms with Crippen LogP contribution in [0.3, 0.4) is 0 Å². The van der Waals surface area contributed by atoms with Crippen LogP contribution < -0.4 is 5.32 Å². The molecule has 2 aliphatic heterocycles. The van der Waals surface area contributed by atoms with Gasteiger partial charge in [0.05, 0.1) is 0 Å². The molecule has 2 heterocycles. The monoisotopic (exact) mass is 256 g/mol. The SMILES string of the molecule is CC(C(=O)N1CCSCC1C(=O)O)=C1CNC1. The van der Waals surface area contributed by atoms with Crippen LogP contribution in [0.2, 0.25) is 0 Å². The topological polar surface area (TPSA) is 69.6 Å². The molecule has 1 atom stereocenters. The second-order valence-electron chi connectivity index (χ2n) is 4.26. The summed E-state index contributed by atoms with van der Waals surface area (Å²) in [5.74, 6) is 0.280. The highest BCUT2D eigenvalue weighted by molar-refractivity contribution is 7.99. The molecule has 2 saturated heterocycles. The normalized spacial score (nSPS) is 24.2. The van der Waals surface area contributed by atoms with E-state index in [9.17, 15) is 9.59 Å². The highest BCUT2D eigenvalue weighted by atomic mass is 32.2. The maximum Gasteiger partial charge on any atom is 0.327 e. The maximum absolute atomic E-state index is 12.2. The van der Waals surface area contributed by atoms with Gasteiger partial charge in [-0.1, -0.05) is 0 Å². The van der Waals surface area contributed by atoms with Crippen molar-refractivity contribution in [1.82, 2.24) is 10.2 Å². The van der Waals surface area contributed by atoms with Crippen LogP contribution in [0.25, 0.3) is 0 Å². The molecule has 0 saturated carbocycles. The Bertz CT molecular complexity index is 375. The zero-order valence-electron chi connectivity index (χ0n) is 9.73. The van der Waals surface area contributed by atoms with Crippen molar-refractivity contribution in [2.75, 3.05) is 31.1 Å². The van der Waals surface area contributed by atoms with Gasteiger partial charge >= 0.3 is 5.97 Å². The standard InChI is InChI=1S/C11H16N2O3S/c1-7(8-4-12-5-8)10(14)13-2-3-17-6-9(13)11(15)16/h9,12H,2-6H2,1H3,(H,15,16). The molecule has 0 aromatic rings. The first-order valence-electron chi connectivity index (χ1n) is 5.62. The number of hydrogen-bond donors (Lipinski definition) is 2. The molecule has 2 aliphatic rings. The van der Waals surface area contributed by atoms with Crippen LogP contribution in [-0.2, 0) is 9.59 Å². The second-order valence-corrected chi connectivity index (χ2v) is 5.41. The van der Waals surface area contributed by atoms with Gasteiger partial charge in [-0.3, -0.25) is 4.79 Å². The first-order chi connectivity index (χ1) is 8.11. The van der Waals surface area contributed by atoms with Crippen molar-refractivity contribution in [2.24, 2.45) is 0 Å². The average Bonchev–Trinajstić information content (AvgIpc) is 2.25. The Balaban J connectivity index is 2.13. The van der Waals surface area contributed by atoms with E-state index >= 15 is 0 Å². The molecule has 0 spiro atoms.